The number of hydrogen-bond acceptors (Lipinski definition) is 7. The second kappa shape index (κ2) is 12.3. The van der Waals surface area contributed by atoms with E-state index in [1.807, 2.05) is 17.9 Å². The molecule has 0 radical (unpaired) electrons. The summed E-state index contributed by atoms with van der Waals surface area (Å²) in [7, 11) is -3.17. The third-order valence-corrected chi connectivity index (χ3v) is 9.45. The number of benzene rings is 1. The van der Waals surface area contributed by atoms with Crippen molar-refractivity contribution in [2.24, 2.45) is 0 Å². The summed E-state index contributed by atoms with van der Waals surface area (Å²) in [6, 6.07) is 5.86. The molecule has 2 aliphatic rings. The molecule has 0 atom stereocenters. The van der Waals surface area contributed by atoms with Crippen molar-refractivity contribution in [3.8, 4) is 0 Å². The molecule has 4 rings (SSSR count). The Morgan fingerprint density at radius 1 is 1.05 bits per heavy atom. The lowest BCUT2D eigenvalue weighted by atomic mass is 9.98. The number of sulfonamides is 1. The van der Waals surface area contributed by atoms with Gasteiger partial charge in [0.15, 0.2) is 0 Å². The first-order chi connectivity index (χ1) is 17.7. The smallest absolute Gasteiger partial charge is 0.272 e. The molecule has 0 aliphatic carbocycles. The molecular weight excluding hydrogens is 535 g/mol. The van der Waals surface area contributed by atoms with Crippen LogP contribution in [0.1, 0.15) is 54.2 Å². The standard InChI is InChI=1S/C25H34Cl2N6O3S/c1-3-37(35,36)31-19-6-10-32(11-7-19)20-8-12-33(13-9-20)25(34)23-17(2)24(30-16-29-23)28-15-18-4-5-21(26)22(27)14-18/h4-5,14,16,19-20,31H,3,6-13,15H2,1-2H3,(H,28,29,30). The number of likely N-dealkylation sites (tertiary alicyclic amines) is 2. The largest absolute Gasteiger partial charge is 0.366 e. The summed E-state index contributed by atoms with van der Waals surface area (Å²) in [6.45, 7) is 7.08. The summed E-state index contributed by atoms with van der Waals surface area (Å²) >= 11 is 12.1. The number of piperidine rings is 2. The van der Waals surface area contributed by atoms with Crippen molar-refractivity contribution >= 4 is 45.0 Å². The van der Waals surface area contributed by atoms with Crippen LogP contribution in [-0.4, -0.2) is 78.1 Å². The van der Waals surface area contributed by atoms with Crippen molar-refractivity contribution in [1.29, 1.82) is 0 Å². The Morgan fingerprint density at radius 2 is 1.76 bits per heavy atom. The van der Waals surface area contributed by atoms with Crippen LogP contribution in [0.15, 0.2) is 24.5 Å². The van der Waals surface area contributed by atoms with E-state index >= 15 is 0 Å². The Hall–Kier alpha value is -1.98. The number of anilines is 1. The number of aromatic nitrogens is 2. The Kier molecular flexibility index (Phi) is 9.29. The molecule has 1 amide bonds. The van der Waals surface area contributed by atoms with E-state index in [0.717, 1.165) is 44.3 Å². The van der Waals surface area contributed by atoms with Gasteiger partial charge in [0.25, 0.3) is 5.91 Å². The fourth-order valence-electron chi connectivity index (χ4n) is 4.98. The van der Waals surface area contributed by atoms with Gasteiger partial charge in [-0.05, 0) is 70.3 Å². The summed E-state index contributed by atoms with van der Waals surface area (Å²) in [6.07, 6.45) is 4.83. The number of nitrogens with zero attached hydrogens (tertiary/aromatic N) is 4. The minimum Gasteiger partial charge on any atom is -0.366 e. The molecule has 3 heterocycles. The van der Waals surface area contributed by atoms with E-state index in [9.17, 15) is 13.2 Å². The highest BCUT2D eigenvalue weighted by Gasteiger charge is 2.31. The van der Waals surface area contributed by atoms with Crippen molar-refractivity contribution in [3.63, 3.8) is 0 Å². The van der Waals surface area contributed by atoms with E-state index in [2.05, 4.69) is 24.9 Å². The van der Waals surface area contributed by atoms with Crippen LogP contribution in [0, 0.1) is 6.92 Å². The first-order valence-electron chi connectivity index (χ1n) is 12.7. The van der Waals surface area contributed by atoms with E-state index in [4.69, 9.17) is 23.2 Å². The van der Waals surface area contributed by atoms with Gasteiger partial charge in [-0.1, -0.05) is 29.3 Å². The number of carbonyl (C=O) groups excluding carboxylic acids is 1. The van der Waals surface area contributed by atoms with Gasteiger partial charge in [0.2, 0.25) is 10.0 Å². The van der Waals surface area contributed by atoms with Gasteiger partial charge in [-0.3, -0.25) is 4.79 Å². The van der Waals surface area contributed by atoms with Gasteiger partial charge in [0.05, 0.1) is 15.8 Å². The zero-order valence-corrected chi connectivity index (χ0v) is 23.5. The monoisotopic (exact) mass is 568 g/mol. The van der Waals surface area contributed by atoms with Crippen LogP contribution in [0.3, 0.4) is 0 Å². The number of halogens is 2. The Balaban J connectivity index is 1.29. The zero-order chi connectivity index (χ0) is 26.6. The molecule has 2 N–H and O–H groups in total. The quantitative estimate of drug-likeness (QED) is 0.499. The summed E-state index contributed by atoms with van der Waals surface area (Å²) < 4.78 is 26.5. The molecule has 0 saturated carbocycles. The van der Waals surface area contributed by atoms with Crippen molar-refractivity contribution in [2.75, 3.05) is 37.2 Å². The van der Waals surface area contributed by atoms with Crippen molar-refractivity contribution in [2.45, 2.75) is 58.2 Å². The van der Waals surface area contributed by atoms with Gasteiger partial charge in [-0.25, -0.2) is 23.1 Å². The molecule has 0 unspecified atom stereocenters. The lowest BCUT2D eigenvalue weighted by Crippen LogP contribution is -2.52. The molecule has 1 aromatic heterocycles. The van der Waals surface area contributed by atoms with Crippen LogP contribution < -0.4 is 10.0 Å². The summed E-state index contributed by atoms with van der Waals surface area (Å²) in [5, 5.41) is 4.27. The Morgan fingerprint density at radius 3 is 2.41 bits per heavy atom. The summed E-state index contributed by atoms with van der Waals surface area (Å²) in [5.41, 5.74) is 2.08. The number of nitrogens with one attached hydrogen (secondary N) is 2. The van der Waals surface area contributed by atoms with Crippen molar-refractivity contribution in [1.82, 2.24) is 24.5 Å². The molecule has 0 bridgehead atoms. The van der Waals surface area contributed by atoms with Crippen LogP contribution in [0.2, 0.25) is 10.0 Å². The van der Waals surface area contributed by atoms with Crippen molar-refractivity contribution < 1.29 is 13.2 Å². The fourth-order valence-corrected chi connectivity index (χ4v) is 6.21. The van der Waals surface area contributed by atoms with Crippen molar-refractivity contribution in [3.05, 3.63) is 51.4 Å². The molecule has 2 aliphatic heterocycles. The first kappa shape index (κ1) is 28.0. The van der Waals surface area contributed by atoms with Crippen LogP contribution in [0.5, 0.6) is 0 Å². The molecule has 2 fully saturated rings. The van der Waals surface area contributed by atoms with E-state index in [-0.39, 0.29) is 17.7 Å². The topological polar surface area (TPSA) is 108 Å². The van der Waals surface area contributed by atoms with Gasteiger partial charge in [-0.2, -0.15) is 0 Å². The van der Waals surface area contributed by atoms with E-state index in [1.54, 1.807) is 19.1 Å². The molecule has 1 aromatic carbocycles. The van der Waals surface area contributed by atoms with E-state index in [0.29, 0.717) is 52.8 Å². The number of rotatable bonds is 8. The molecular formula is C25H34Cl2N6O3S. The molecule has 2 saturated heterocycles. The lowest BCUT2D eigenvalue weighted by molar-refractivity contribution is 0.0570. The van der Waals surface area contributed by atoms with Crippen LogP contribution >= 0.6 is 23.2 Å². The minimum absolute atomic E-state index is 0.0167. The number of amides is 1. The molecule has 2 aromatic rings. The second-order valence-electron chi connectivity index (χ2n) is 9.65. The SMILES string of the molecule is CCS(=O)(=O)NC1CCN(C2CCN(C(=O)c3ncnc(NCc4ccc(Cl)c(Cl)c4)c3C)CC2)CC1. The van der Waals surface area contributed by atoms with Crippen LogP contribution in [0.4, 0.5) is 5.82 Å². The molecule has 0 spiro atoms. The highest BCUT2D eigenvalue weighted by Crippen LogP contribution is 2.25. The number of carbonyl (C=O) groups is 1. The van der Waals surface area contributed by atoms with E-state index < -0.39 is 10.0 Å². The minimum atomic E-state index is -3.17. The third kappa shape index (κ3) is 7.11. The zero-order valence-electron chi connectivity index (χ0n) is 21.2. The summed E-state index contributed by atoms with van der Waals surface area (Å²) in [5.74, 6) is 0.643. The predicted octanol–water partition coefficient (Wildman–Crippen LogP) is 3.71. The molecule has 12 heteroatoms. The molecule has 202 valence electrons. The van der Waals surface area contributed by atoms with Gasteiger partial charge < -0.3 is 15.1 Å². The van der Waals surface area contributed by atoms with Gasteiger partial charge in [-0.15, -0.1) is 0 Å². The Labute approximate surface area is 229 Å². The number of hydrogen-bond donors (Lipinski definition) is 2. The highest BCUT2D eigenvalue weighted by atomic mass is 35.5. The lowest BCUT2D eigenvalue weighted by Gasteiger charge is -2.41. The van der Waals surface area contributed by atoms with E-state index in [1.165, 1.54) is 6.33 Å². The second-order valence-corrected chi connectivity index (χ2v) is 12.5. The van der Waals surface area contributed by atoms with Gasteiger partial charge in [0, 0.05) is 37.3 Å². The third-order valence-electron chi connectivity index (χ3n) is 7.25. The normalized spacial score (nSPS) is 18.2. The maximum atomic E-state index is 13.3. The molecule has 9 nitrogen and oxygen atoms in total. The highest BCUT2D eigenvalue weighted by molar-refractivity contribution is 7.89. The summed E-state index contributed by atoms with van der Waals surface area (Å²) in [4.78, 5) is 26.3. The average molecular weight is 570 g/mol. The average Bonchev–Trinajstić information content (AvgIpc) is 2.90. The van der Waals surface area contributed by atoms with Gasteiger partial charge >= 0.3 is 0 Å². The maximum absolute atomic E-state index is 13.3. The fraction of sp³-hybridized carbons (Fsp3) is 0.560. The van der Waals surface area contributed by atoms with Crippen LogP contribution in [-0.2, 0) is 16.6 Å². The first-order valence-corrected chi connectivity index (χ1v) is 15.1. The Bertz CT molecular complexity index is 1210. The predicted molar refractivity (Wildman–Crippen MR) is 147 cm³/mol. The molecule has 37 heavy (non-hydrogen) atoms. The maximum Gasteiger partial charge on any atom is 0.272 e. The van der Waals surface area contributed by atoms with Crippen LogP contribution in [0.25, 0.3) is 0 Å². The van der Waals surface area contributed by atoms with Gasteiger partial charge in [0.1, 0.15) is 17.8 Å².